The van der Waals surface area contributed by atoms with Gasteiger partial charge in [-0.15, -0.1) is 0 Å². The number of benzene rings is 12. The molecule has 0 spiro atoms. The van der Waals surface area contributed by atoms with Gasteiger partial charge in [-0.3, -0.25) is 0 Å². The number of hydrogen-bond acceptors (Lipinski definition) is 0. The van der Waals surface area contributed by atoms with Crippen molar-refractivity contribution in [3.05, 3.63) is 364 Å². The molecule has 0 heterocycles. The molecule has 0 nitrogen and oxygen atoms in total. The van der Waals surface area contributed by atoms with E-state index in [1.807, 2.05) is 0 Å². The van der Waals surface area contributed by atoms with Gasteiger partial charge in [-0.05, 0) is 0 Å². The van der Waals surface area contributed by atoms with E-state index in [0.717, 1.165) is 0 Å². The van der Waals surface area contributed by atoms with Gasteiger partial charge in [0.05, 0.1) is 0 Å². The summed E-state index contributed by atoms with van der Waals surface area (Å²) in [5.74, 6) is 0. The van der Waals surface area contributed by atoms with Crippen LogP contribution in [0, 0.1) is 0 Å². The van der Waals surface area contributed by atoms with Crippen molar-refractivity contribution in [2.45, 2.75) is 0 Å². The van der Waals surface area contributed by atoms with Crippen LogP contribution in [0.4, 0.5) is 0 Å². The van der Waals surface area contributed by atoms with E-state index in [9.17, 15) is 0 Å². The summed E-state index contributed by atoms with van der Waals surface area (Å²) >= 11 is -2.30. The van der Waals surface area contributed by atoms with Crippen molar-refractivity contribution < 1.29 is 31.7 Å². The van der Waals surface area contributed by atoms with Gasteiger partial charge in [0.25, 0.3) is 0 Å². The van der Waals surface area contributed by atoms with E-state index in [4.69, 9.17) is 0 Å². The van der Waals surface area contributed by atoms with E-state index in [0.29, 0.717) is 0 Å². The minimum atomic E-state index is -4.52. The van der Waals surface area contributed by atoms with Crippen LogP contribution in [0.2, 0.25) is 0 Å². The Kier molecular flexibility index (Phi) is 17.5. The van der Waals surface area contributed by atoms with Gasteiger partial charge < -0.3 is 0 Å². The van der Waals surface area contributed by atoms with Gasteiger partial charge in [0.2, 0.25) is 0 Å². The molecule has 0 N–H and O–H groups in total. The third-order valence-corrected chi connectivity index (χ3v) is 119. The van der Waals surface area contributed by atoms with Crippen molar-refractivity contribution in [1.29, 1.82) is 0 Å². The molecule has 0 atom stereocenters. The van der Waals surface area contributed by atoms with Crippen molar-refractivity contribution in [2.75, 3.05) is 0 Å². The van der Waals surface area contributed by atoms with Gasteiger partial charge in [-0.2, -0.15) is 0 Å². The Bertz CT molecular complexity index is 2870. The van der Waals surface area contributed by atoms with Gasteiger partial charge in [0.15, 0.2) is 0 Å². The minimum absolute atomic E-state index is 1.45. The average molecular weight is 1300 g/mol. The van der Waals surface area contributed by atoms with Gasteiger partial charge in [-0.1, -0.05) is 0 Å². The summed E-state index contributed by atoms with van der Waals surface area (Å²) in [6.45, 7) is 0. The van der Waals surface area contributed by atoms with Crippen molar-refractivity contribution in [2.24, 2.45) is 0 Å². The molecule has 0 saturated carbocycles. The Morgan fingerprint density at radius 1 is 0.152 bits per heavy atom. The summed E-state index contributed by atoms with van der Waals surface area (Å²) in [5, 5.41) is 17.4. The molecular weight excluding hydrogens is 1240 g/mol. The maximum absolute atomic E-state index is 4.52. The van der Waals surface area contributed by atoms with Crippen LogP contribution in [-0.4, -0.2) is 0 Å². The second-order valence-corrected chi connectivity index (χ2v) is 69.9. The molecular formula is C72H64ClP4Pd2. The fourth-order valence-electron chi connectivity index (χ4n) is 12.6. The summed E-state index contributed by atoms with van der Waals surface area (Å²) in [6.07, 6.45) is 0. The topological polar surface area (TPSA) is 0 Å². The predicted molar refractivity (Wildman–Crippen MR) is 352 cm³/mol. The first kappa shape index (κ1) is 54.9. The first-order valence-corrected chi connectivity index (χ1v) is 45.3. The van der Waals surface area contributed by atoms with Crippen LogP contribution >= 0.6 is 31.3 Å². The molecule has 0 saturated heterocycles. The van der Waals surface area contributed by atoms with Gasteiger partial charge >= 0.3 is 491 Å². The molecule has 12 aromatic carbocycles. The zero-order chi connectivity index (χ0) is 53.9. The van der Waals surface area contributed by atoms with Crippen LogP contribution < -0.4 is 63.7 Å². The first-order valence-electron chi connectivity index (χ1n) is 26.7. The van der Waals surface area contributed by atoms with E-state index in [2.05, 4.69) is 392 Å². The van der Waals surface area contributed by atoms with E-state index >= 15 is 0 Å². The molecule has 0 aliphatic carbocycles. The maximum atomic E-state index is 4.49. The SMILES string of the molecule is [Cl][Pd].c1ccc([PH](c2ccccc2)(c2ccccc2)[Pd]([PH](c2ccccc2)(c2ccccc2)c2ccccc2)([PH](c2ccccc2)(c2ccccc2)c2ccccc2)[PH](c2ccccc2)(c2ccccc2)c2ccccc2)cc1. The van der Waals surface area contributed by atoms with Crippen LogP contribution in [0.3, 0.4) is 0 Å². The van der Waals surface area contributed by atoms with E-state index < -0.39 is 35.4 Å². The fourth-order valence-corrected chi connectivity index (χ4v) is 175. The molecule has 0 amide bonds. The number of hydrogen-bond donors (Lipinski definition) is 0. The second-order valence-electron chi connectivity index (χ2n) is 19.3. The molecule has 7 heteroatoms. The van der Waals surface area contributed by atoms with Crippen molar-refractivity contribution in [3.63, 3.8) is 0 Å². The molecule has 0 unspecified atom stereocenters. The Morgan fingerprint density at radius 2 is 0.228 bits per heavy atom. The molecule has 0 radical (unpaired) electrons. The van der Waals surface area contributed by atoms with E-state index in [1.165, 1.54) is 63.7 Å². The van der Waals surface area contributed by atoms with Crippen molar-refractivity contribution in [3.8, 4) is 0 Å². The van der Waals surface area contributed by atoms with E-state index in [1.54, 1.807) is 0 Å². The molecule has 12 aromatic rings. The summed E-state index contributed by atoms with van der Waals surface area (Å²) in [5.41, 5.74) is -15.7. The Hall–Kier alpha value is -6.03. The van der Waals surface area contributed by atoms with Crippen LogP contribution in [0.1, 0.15) is 0 Å². The monoisotopic (exact) mass is 1300 g/mol. The Labute approximate surface area is 486 Å². The predicted octanol–water partition coefficient (Wildman–Crippen LogP) is 13.4. The molecule has 0 aliphatic heterocycles. The first-order chi connectivity index (χ1) is 39.3. The Morgan fingerprint density at radius 3 is 0.304 bits per heavy atom. The molecule has 0 fully saturated rings. The summed E-state index contributed by atoms with van der Waals surface area (Å²) in [4.78, 5) is 0. The zero-order valence-electron chi connectivity index (χ0n) is 43.7. The van der Waals surface area contributed by atoms with Crippen molar-refractivity contribution in [1.82, 2.24) is 0 Å². The summed E-state index contributed by atoms with van der Waals surface area (Å²) < 4.78 is 0. The number of halogens is 1. The Balaban J connectivity index is 0.00000326. The molecule has 12 rings (SSSR count). The van der Waals surface area contributed by atoms with Gasteiger partial charge in [0.1, 0.15) is 0 Å². The van der Waals surface area contributed by atoms with Crippen LogP contribution in [0.5, 0.6) is 0 Å². The third-order valence-electron chi connectivity index (χ3n) is 15.3. The summed E-state index contributed by atoms with van der Waals surface area (Å²) in [7, 11) is 4.49. The van der Waals surface area contributed by atoms with Crippen LogP contribution in [-0.2, 0) is 31.7 Å². The number of rotatable bonds is 16. The molecule has 0 aromatic heterocycles. The standard InChI is InChI=1S/4C18H15P.ClH.2Pd/c4*1-4-10-16(11-5-1)19(17-12-6-2-7-13-17)18-14-8-3-9-15-18;;;/h4*1-15H;1H;;/q;;;;;-4;+1/p+3. The van der Waals surface area contributed by atoms with E-state index in [-0.39, 0.29) is 0 Å². The van der Waals surface area contributed by atoms with Crippen LogP contribution in [0.25, 0.3) is 0 Å². The molecule has 399 valence electrons. The quantitative estimate of drug-likeness (QED) is 0.0668. The van der Waals surface area contributed by atoms with Gasteiger partial charge in [0, 0.05) is 0 Å². The average Bonchev–Trinajstić information content (AvgIpc) is 2.29. The van der Waals surface area contributed by atoms with Crippen LogP contribution in [0.15, 0.2) is 364 Å². The molecule has 0 aliphatic rings. The second kappa shape index (κ2) is 25.2. The zero-order valence-corrected chi connectivity index (χ0v) is 51.5. The summed E-state index contributed by atoms with van der Waals surface area (Å²) in [6, 6.07) is 146. The fraction of sp³-hybridized carbons (Fsp3) is 0. The normalized spacial score (nSPS) is 13.8. The molecule has 0 bridgehead atoms. The third kappa shape index (κ3) is 8.99. The molecule has 79 heavy (non-hydrogen) atoms. The van der Waals surface area contributed by atoms with Crippen molar-refractivity contribution >= 4 is 95.0 Å². The van der Waals surface area contributed by atoms with Gasteiger partial charge in [-0.25, -0.2) is 0 Å².